The van der Waals surface area contributed by atoms with Crippen LogP contribution in [0.5, 0.6) is 0 Å². The molecule has 0 spiro atoms. The Morgan fingerprint density at radius 1 is 1.29 bits per heavy atom. The first kappa shape index (κ1) is 10.2. The van der Waals surface area contributed by atoms with E-state index in [1.807, 2.05) is 6.07 Å². The van der Waals surface area contributed by atoms with Crippen molar-refractivity contribution in [2.24, 2.45) is 0 Å². The van der Waals surface area contributed by atoms with Gasteiger partial charge in [-0.05, 0) is 30.7 Å². The second-order valence-electron chi connectivity index (χ2n) is 3.59. The number of rotatable bonds is 1. The Morgan fingerprint density at radius 2 is 2.07 bits per heavy atom. The molecular formula is C10H11Cl2NO. The zero-order valence-corrected chi connectivity index (χ0v) is 9.07. The molecule has 14 heavy (non-hydrogen) atoms. The van der Waals surface area contributed by atoms with Gasteiger partial charge in [-0.15, -0.1) is 0 Å². The van der Waals surface area contributed by atoms with E-state index in [-0.39, 0.29) is 0 Å². The van der Waals surface area contributed by atoms with Gasteiger partial charge in [0.05, 0.1) is 10.0 Å². The number of aliphatic hydroxyl groups is 1. The molecule has 0 aliphatic carbocycles. The Morgan fingerprint density at radius 3 is 2.64 bits per heavy atom. The van der Waals surface area contributed by atoms with Crippen molar-refractivity contribution in [2.75, 3.05) is 13.1 Å². The van der Waals surface area contributed by atoms with Crippen LogP contribution in [0.4, 0.5) is 0 Å². The van der Waals surface area contributed by atoms with Gasteiger partial charge in [-0.1, -0.05) is 29.3 Å². The Bertz CT molecular complexity index is 348. The molecule has 1 aromatic rings. The van der Waals surface area contributed by atoms with Crippen LogP contribution in [0.3, 0.4) is 0 Å². The van der Waals surface area contributed by atoms with Gasteiger partial charge in [0.25, 0.3) is 0 Å². The fourth-order valence-electron chi connectivity index (χ4n) is 1.71. The van der Waals surface area contributed by atoms with Gasteiger partial charge in [-0.25, -0.2) is 0 Å². The van der Waals surface area contributed by atoms with E-state index >= 15 is 0 Å². The lowest BCUT2D eigenvalue weighted by atomic mass is 9.93. The van der Waals surface area contributed by atoms with Gasteiger partial charge in [0.15, 0.2) is 0 Å². The van der Waals surface area contributed by atoms with Crippen molar-refractivity contribution in [1.29, 1.82) is 0 Å². The van der Waals surface area contributed by atoms with Gasteiger partial charge >= 0.3 is 0 Å². The molecule has 0 amide bonds. The van der Waals surface area contributed by atoms with Crippen LogP contribution in [-0.4, -0.2) is 18.2 Å². The van der Waals surface area contributed by atoms with Crippen molar-refractivity contribution in [2.45, 2.75) is 12.0 Å². The van der Waals surface area contributed by atoms with Crippen LogP contribution < -0.4 is 5.32 Å². The highest BCUT2D eigenvalue weighted by atomic mass is 35.5. The summed E-state index contributed by atoms with van der Waals surface area (Å²) in [4.78, 5) is 0. The largest absolute Gasteiger partial charge is 0.384 e. The predicted octanol–water partition coefficient (Wildman–Crippen LogP) is 2.17. The summed E-state index contributed by atoms with van der Waals surface area (Å²) in [7, 11) is 0. The number of benzene rings is 1. The summed E-state index contributed by atoms with van der Waals surface area (Å²) in [6, 6.07) is 5.27. The maximum Gasteiger partial charge on any atom is 0.103 e. The Balaban J connectivity index is 2.36. The second kappa shape index (κ2) is 3.70. The van der Waals surface area contributed by atoms with Crippen molar-refractivity contribution in [3.8, 4) is 0 Å². The highest BCUT2D eigenvalue weighted by molar-refractivity contribution is 6.42. The molecule has 2 nitrogen and oxygen atoms in total. The van der Waals surface area contributed by atoms with Gasteiger partial charge in [0.2, 0.25) is 0 Å². The third kappa shape index (κ3) is 1.75. The van der Waals surface area contributed by atoms with E-state index in [4.69, 9.17) is 23.2 Å². The summed E-state index contributed by atoms with van der Waals surface area (Å²) in [5, 5.41) is 14.3. The maximum atomic E-state index is 10.2. The number of hydrogen-bond donors (Lipinski definition) is 2. The van der Waals surface area contributed by atoms with E-state index in [1.165, 1.54) is 0 Å². The Hall–Kier alpha value is -0.280. The molecule has 1 aromatic carbocycles. The number of hydrogen-bond acceptors (Lipinski definition) is 2. The van der Waals surface area contributed by atoms with Crippen LogP contribution in [0.15, 0.2) is 18.2 Å². The quantitative estimate of drug-likeness (QED) is 0.777. The second-order valence-corrected chi connectivity index (χ2v) is 4.40. The van der Waals surface area contributed by atoms with E-state index < -0.39 is 5.60 Å². The lowest BCUT2D eigenvalue weighted by molar-refractivity contribution is 0.0587. The van der Waals surface area contributed by atoms with Gasteiger partial charge in [-0.3, -0.25) is 0 Å². The third-order valence-corrected chi connectivity index (χ3v) is 3.33. The molecule has 0 radical (unpaired) electrons. The minimum atomic E-state index is -0.784. The van der Waals surface area contributed by atoms with Crippen LogP contribution >= 0.6 is 23.2 Å². The van der Waals surface area contributed by atoms with Crippen LogP contribution in [0.2, 0.25) is 10.0 Å². The fraction of sp³-hybridized carbons (Fsp3) is 0.400. The lowest BCUT2D eigenvalue weighted by Gasteiger charge is -2.22. The maximum absolute atomic E-state index is 10.2. The standard InChI is InChI=1S/C10H11Cl2NO/c11-8-2-1-7(5-9(8)12)10(14)3-4-13-6-10/h1-2,5,13-14H,3-4,6H2. The molecule has 0 aromatic heterocycles. The molecule has 1 aliphatic heterocycles. The summed E-state index contributed by atoms with van der Waals surface area (Å²) >= 11 is 11.7. The number of nitrogens with one attached hydrogen (secondary N) is 1. The molecule has 1 saturated heterocycles. The van der Waals surface area contributed by atoms with Crippen molar-refractivity contribution >= 4 is 23.2 Å². The minimum Gasteiger partial charge on any atom is -0.384 e. The predicted molar refractivity (Wildman–Crippen MR) is 57.8 cm³/mol. The summed E-state index contributed by atoms with van der Waals surface area (Å²) in [6.45, 7) is 1.40. The summed E-state index contributed by atoms with van der Waals surface area (Å²) in [6.07, 6.45) is 0.713. The summed E-state index contributed by atoms with van der Waals surface area (Å²) in [5.74, 6) is 0. The van der Waals surface area contributed by atoms with Crippen molar-refractivity contribution in [3.63, 3.8) is 0 Å². The van der Waals surface area contributed by atoms with Crippen molar-refractivity contribution < 1.29 is 5.11 Å². The zero-order valence-electron chi connectivity index (χ0n) is 7.56. The molecule has 1 aliphatic rings. The zero-order chi connectivity index (χ0) is 10.2. The Labute approximate surface area is 92.8 Å². The normalized spacial score (nSPS) is 26.8. The molecule has 1 fully saturated rings. The smallest absolute Gasteiger partial charge is 0.103 e. The van der Waals surface area contributed by atoms with Crippen molar-refractivity contribution in [3.05, 3.63) is 33.8 Å². The highest BCUT2D eigenvalue weighted by Gasteiger charge is 2.33. The van der Waals surface area contributed by atoms with Crippen LogP contribution in [0.25, 0.3) is 0 Å². The van der Waals surface area contributed by atoms with Crippen LogP contribution in [0.1, 0.15) is 12.0 Å². The highest BCUT2D eigenvalue weighted by Crippen LogP contribution is 2.32. The van der Waals surface area contributed by atoms with E-state index in [2.05, 4.69) is 5.32 Å². The summed E-state index contributed by atoms with van der Waals surface area (Å²) in [5.41, 5.74) is 0.0470. The first-order valence-corrected chi connectivity index (χ1v) is 5.26. The number of β-amino-alcohol motifs (C(OH)–C–C–N with tert-alkyl or cyclic N) is 1. The fourth-order valence-corrected chi connectivity index (χ4v) is 2.01. The molecule has 2 rings (SSSR count). The molecule has 2 N–H and O–H groups in total. The third-order valence-electron chi connectivity index (χ3n) is 2.59. The van der Waals surface area contributed by atoms with Crippen LogP contribution in [0, 0.1) is 0 Å². The average molecular weight is 232 g/mol. The topological polar surface area (TPSA) is 32.3 Å². The van der Waals surface area contributed by atoms with E-state index in [1.54, 1.807) is 12.1 Å². The Kier molecular flexibility index (Phi) is 2.71. The summed E-state index contributed by atoms with van der Waals surface area (Å²) < 4.78 is 0. The molecule has 1 heterocycles. The van der Waals surface area contributed by atoms with Gasteiger partial charge in [-0.2, -0.15) is 0 Å². The monoisotopic (exact) mass is 231 g/mol. The van der Waals surface area contributed by atoms with Crippen molar-refractivity contribution in [1.82, 2.24) is 5.32 Å². The molecule has 0 bridgehead atoms. The molecular weight excluding hydrogens is 221 g/mol. The average Bonchev–Trinajstić information content (AvgIpc) is 2.58. The number of halogens is 2. The first-order valence-electron chi connectivity index (χ1n) is 4.50. The van der Waals surface area contributed by atoms with E-state index in [9.17, 15) is 5.11 Å². The molecule has 1 atom stereocenters. The van der Waals surface area contributed by atoms with Gasteiger partial charge in [0, 0.05) is 6.54 Å². The lowest BCUT2D eigenvalue weighted by Crippen LogP contribution is -2.28. The first-order chi connectivity index (χ1) is 6.62. The van der Waals surface area contributed by atoms with Crippen LogP contribution in [-0.2, 0) is 5.60 Å². The molecule has 1 unspecified atom stereocenters. The minimum absolute atomic E-state index is 0.490. The molecule has 0 saturated carbocycles. The van der Waals surface area contributed by atoms with E-state index in [0.717, 1.165) is 12.1 Å². The van der Waals surface area contributed by atoms with E-state index in [0.29, 0.717) is 23.0 Å². The molecule has 76 valence electrons. The van der Waals surface area contributed by atoms with Gasteiger partial charge in [0.1, 0.15) is 5.60 Å². The SMILES string of the molecule is OC1(c2ccc(Cl)c(Cl)c2)CCNC1. The van der Waals surface area contributed by atoms with Gasteiger partial charge < -0.3 is 10.4 Å². The molecule has 4 heteroatoms.